The fourth-order valence-corrected chi connectivity index (χ4v) is 3.34. The molecule has 126 valence electrons. The molecule has 2 heterocycles. The van der Waals surface area contributed by atoms with Crippen LogP contribution in [0.4, 0.5) is 5.69 Å². The largest absolute Gasteiger partial charge is 0.361 e. The molecule has 0 fully saturated rings. The van der Waals surface area contributed by atoms with Crippen LogP contribution in [0.2, 0.25) is 0 Å². The Labute approximate surface area is 145 Å². The third-order valence-corrected chi connectivity index (χ3v) is 4.63. The Hall–Kier alpha value is -3.08. The van der Waals surface area contributed by atoms with Crippen molar-refractivity contribution in [2.45, 2.75) is 12.8 Å². The van der Waals surface area contributed by atoms with Crippen molar-refractivity contribution in [3.05, 3.63) is 65.9 Å². The van der Waals surface area contributed by atoms with Crippen LogP contribution >= 0.6 is 0 Å². The van der Waals surface area contributed by atoms with Gasteiger partial charge in [0.1, 0.15) is 0 Å². The lowest BCUT2D eigenvalue weighted by Gasteiger charge is -2.29. The van der Waals surface area contributed by atoms with Crippen LogP contribution in [0, 0.1) is 0 Å². The maximum absolute atomic E-state index is 12.6. The van der Waals surface area contributed by atoms with Crippen LogP contribution in [0.5, 0.6) is 0 Å². The number of hydrogen-bond acceptors (Lipinski definition) is 2. The molecule has 25 heavy (non-hydrogen) atoms. The van der Waals surface area contributed by atoms with Crippen molar-refractivity contribution in [2.75, 3.05) is 18.0 Å². The average molecular weight is 333 g/mol. The first-order chi connectivity index (χ1) is 12.2. The molecule has 0 aliphatic carbocycles. The molecule has 5 nitrogen and oxygen atoms in total. The molecule has 4 rings (SSSR count). The van der Waals surface area contributed by atoms with Crippen LogP contribution in [0.15, 0.2) is 54.7 Å². The standard InChI is InChI=1S/C20H19N3O2/c24-19(23-11-3-5-15-4-1-2-6-18(15)23)13-22-20(25)16-8-7-14-9-10-21-17(14)12-16/h1-2,4,6-10,12,21H,3,5,11,13H2,(H,22,25). The van der Waals surface area contributed by atoms with Gasteiger partial charge in [-0.25, -0.2) is 0 Å². The predicted molar refractivity (Wildman–Crippen MR) is 97.7 cm³/mol. The lowest BCUT2D eigenvalue weighted by atomic mass is 10.0. The van der Waals surface area contributed by atoms with Gasteiger partial charge < -0.3 is 15.2 Å². The van der Waals surface area contributed by atoms with Crippen molar-refractivity contribution in [3.8, 4) is 0 Å². The Morgan fingerprint density at radius 3 is 2.92 bits per heavy atom. The summed E-state index contributed by atoms with van der Waals surface area (Å²) >= 11 is 0. The van der Waals surface area contributed by atoms with E-state index in [9.17, 15) is 9.59 Å². The van der Waals surface area contributed by atoms with Crippen LogP contribution < -0.4 is 10.2 Å². The number of aryl methyl sites for hydroxylation is 1. The van der Waals surface area contributed by atoms with Crippen LogP contribution in [0.3, 0.4) is 0 Å². The summed E-state index contributed by atoms with van der Waals surface area (Å²) in [5.74, 6) is -0.323. The number of aromatic nitrogens is 1. The van der Waals surface area contributed by atoms with E-state index >= 15 is 0 Å². The van der Waals surface area contributed by atoms with Gasteiger partial charge in [-0.3, -0.25) is 9.59 Å². The highest BCUT2D eigenvalue weighted by Crippen LogP contribution is 2.26. The summed E-state index contributed by atoms with van der Waals surface area (Å²) in [5.41, 5.74) is 3.59. The molecule has 2 amide bonds. The Morgan fingerprint density at radius 2 is 2.00 bits per heavy atom. The van der Waals surface area contributed by atoms with Gasteiger partial charge in [-0.2, -0.15) is 0 Å². The Kier molecular flexibility index (Phi) is 3.98. The maximum atomic E-state index is 12.6. The number of para-hydroxylation sites is 1. The number of nitrogens with zero attached hydrogens (tertiary/aromatic N) is 1. The first-order valence-corrected chi connectivity index (χ1v) is 8.46. The molecule has 0 atom stereocenters. The SMILES string of the molecule is O=C(NCC(=O)N1CCCc2ccccc21)c1ccc2cc[nH]c2c1. The van der Waals surface area contributed by atoms with Crippen molar-refractivity contribution < 1.29 is 9.59 Å². The molecule has 0 spiro atoms. The van der Waals surface area contributed by atoms with Crippen molar-refractivity contribution >= 4 is 28.4 Å². The monoisotopic (exact) mass is 333 g/mol. The van der Waals surface area contributed by atoms with Crippen molar-refractivity contribution in [1.82, 2.24) is 10.3 Å². The molecule has 0 radical (unpaired) electrons. The van der Waals surface area contributed by atoms with Crippen LogP contribution in [-0.4, -0.2) is 29.9 Å². The normalized spacial score (nSPS) is 13.5. The zero-order valence-corrected chi connectivity index (χ0v) is 13.8. The fraction of sp³-hybridized carbons (Fsp3) is 0.200. The van der Waals surface area contributed by atoms with E-state index in [4.69, 9.17) is 0 Å². The van der Waals surface area contributed by atoms with Crippen LogP contribution in [0.25, 0.3) is 10.9 Å². The van der Waals surface area contributed by atoms with Crippen molar-refractivity contribution in [1.29, 1.82) is 0 Å². The number of anilines is 1. The summed E-state index contributed by atoms with van der Waals surface area (Å²) in [5, 5.41) is 3.79. The van der Waals surface area contributed by atoms with Gasteiger partial charge in [-0.1, -0.05) is 24.3 Å². The van der Waals surface area contributed by atoms with E-state index in [2.05, 4.69) is 16.4 Å². The predicted octanol–water partition coefficient (Wildman–Crippen LogP) is 2.88. The highest BCUT2D eigenvalue weighted by molar-refractivity contribution is 6.02. The number of hydrogen-bond donors (Lipinski definition) is 2. The van der Waals surface area contributed by atoms with Gasteiger partial charge in [0.25, 0.3) is 5.91 Å². The van der Waals surface area contributed by atoms with Gasteiger partial charge >= 0.3 is 0 Å². The van der Waals surface area contributed by atoms with Gasteiger partial charge in [0.05, 0.1) is 6.54 Å². The molecule has 1 aliphatic rings. The van der Waals surface area contributed by atoms with Crippen LogP contribution in [-0.2, 0) is 11.2 Å². The molecule has 1 aliphatic heterocycles. The first kappa shape index (κ1) is 15.4. The van der Waals surface area contributed by atoms with E-state index in [0.717, 1.165) is 29.4 Å². The number of carbonyl (C=O) groups excluding carboxylic acids is 2. The second-order valence-corrected chi connectivity index (χ2v) is 6.24. The highest BCUT2D eigenvalue weighted by atomic mass is 16.2. The molecule has 3 aromatic rings. The average Bonchev–Trinajstić information content (AvgIpc) is 3.13. The third-order valence-electron chi connectivity index (χ3n) is 4.63. The zero-order valence-electron chi connectivity index (χ0n) is 13.8. The summed E-state index contributed by atoms with van der Waals surface area (Å²) in [6.07, 6.45) is 3.77. The van der Waals surface area contributed by atoms with Crippen LogP contribution in [0.1, 0.15) is 22.3 Å². The van der Waals surface area contributed by atoms with Gasteiger partial charge in [0, 0.05) is 29.5 Å². The van der Waals surface area contributed by atoms with Gasteiger partial charge in [-0.05, 0) is 48.1 Å². The number of rotatable bonds is 3. The van der Waals surface area contributed by atoms with E-state index in [1.807, 2.05) is 36.5 Å². The Morgan fingerprint density at radius 1 is 1.12 bits per heavy atom. The number of carbonyl (C=O) groups is 2. The summed E-state index contributed by atoms with van der Waals surface area (Å²) in [7, 11) is 0. The minimum atomic E-state index is -0.241. The lowest BCUT2D eigenvalue weighted by molar-refractivity contribution is -0.117. The van der Waals surface area contributed by atoms with E-state index < -0.39 is 0 Å². The Bertz CT molecular complexity index is 945. The number of H-pyrrole nitrogens is 1. The Balaban J connectivity index is 1.44. The van der Waals surface area contributed by atoms with E-state index in [1.165, 1.54) is 5.56 Å². The van der Waals surface area contributed by atoms with E-state index in [0.29, 0.717) is 12.1 Å². The van der Waals surface area contributed by atoms with E-state index in [-0.39, 0.29) is 18.4 Å². The first-order valence-electron chi connectivity index (χ1n) is 8.46. The maximum Gasteiger partial charge on any atom is 0.251 e. The molecule has 2 N–H and O–H groups in total. The van der Waals surface area contributed by atoms with Gasteiger partial charge in [0.2, 0.25) is 5.91 Å². The summed E-state index contributed by atoms with van der Waals surface area (Å²) in [6, 6.07) is 15.4. The third kappa shape index (κ3) is 3.01. The van der Waals surface area contributed by atoms with Crippen molar-refractivity contribution in [3.63, 3.8) is 0 Å². The highest BCUT2D eigenvalue weighted by Gasteiger charge is 2.22. The molecular weight excluding hydrogens is 314 g/mol. The number of benzene rings is 2. The number of nitrogens with one attached hydrogen (secondary N) is 2. The zero-order chi connectivity index (χ0) is 17.2. The molecule has 0 saturated heterocycles. The molecule has 1 aromatic heterocycles. The number of amides is 2. The number of fused-ring (bicyclic) bond motifs is 2. The second kappa shape index (κ2) is 6.43. The summed E-state index contributed by atoms with van der Waals surface area (Å²) < 4.78 is 0. The molecule has 2 aromatic carbocycles. The number of aromatic amines is 1. The molecule has 0 bridgehead atoms. The fourth-order valence-electron chi connectivity index (χ4n) is 3.34. The molecule has 0 unspecified atom stereocenters. The topological polar surface area (TPSA) is 65.2 Å². The minimum absolute atomic E-state index is 0.00404. The second-order valence-electron chi connectivity index (χ2n) is 6.24. The van der Waals surface area contributed by atoms with Gasteiger partial charge in [0.15, 0.2) is 0 Å². The lowest BCUT2D eigenvalue weighted by Crippen LogP contribution is -2.42. The molecule has 0 saturated carbocycles. The van der Waals surface area contributed by atoms with Crippen molar-refractivity contribution in [2.24, 2.45) is 0 Å². The smallest absolute Gasteiger partial charge is 0.251 e. The minimum Gasteiger partial charge on any atom is -0.361 e. The molecule has 5 heteroatoms. The van der Waals surface area contributed by atoms with Gasteiger partial charge in [-0.15, -0.1) is 0 Å². The van der Waals surface area contributed by atoms with E-state index in [1.54, 1.807) is 17.0 Å². The molecular formula is C20H19N3O2. The quantitative estimate of drug-likeness (QED) is 0.774. The summed E-state index contributed by atoms with van der Waals surface area (Å²) in [4.78, 5) is 29.8. The summed E-state index contributed by atoms with van der Waals surface area (Å²) in [6.45, 7) is 0.691.